The summed E-state index contributed by atoms with van der Waals surface area (Å²) in [6.07, 6.45) is 1.53. The van der Waals surface area contributed by atoms with E-state index < -0.39 is 12.1 Å². The summed E-state index contributed by atoms with van der Waals surface area (Å²) in [6, 6.07) is 8.88. The highest BCUT2D eigenvalue weighted by molar-refractivity contribution is 5.80. The molecule has 1 aromatic carbocycles. The Bertz CT molecular complexity index is 481. The zero-order valence-corrected chi connectivity index (χ0v) is 13.7. The summed E-state index contributed by atoms with van der Waals surface area (Å²) in [5.41, 5.74) is 6.70. The topological polar surface area (TPSA) is 93.9 Å². The Morgan fingerprint density at radius 3 is 2.61 bits per heavy atom. The van der Waals surface area contributed by atoms with Crippen LogP contribution in [0.1, 0.15) is 24.8 Å². The van der Waals surface area contributed by atoms with Crippen molar-refractivity contribution < 1.29 is 19.2 Å². The van der Waals surface area contributed by atoms with E-state index in [4.69, 9.17) is 15.3 Å². The summed E-state index contributed by atoms with van der Waals surface area (Å²) in [5.74, 6) is -0.261. The highest BCUT2D eigenvalue weighted by Gasteiger charge is 2.17. The third-order valence-corrected chi connectivity index (χ3v) is 3.33. The third kappa shape index (κ3) is 7.62. The van der Waals surface area contributed by atoms with Gasteiger partial charge in [0.1, 0.15) is 6.61 Å². The third-order valence-electron chi connectivity index (χ3n) is 3.33. The number of carbonyl (C=O) groups excluding carboxylic acids is 2. The molecule has 1 rings (SSSR count). The van der Waals surface area contributed by atoms with E-state index in [0.717, 1.165) is 23.5 Å². The molecule has 0 radical (unpaired) electrons. The van der Waals surface area contributed by atoms with E-state index in [-0.39, 0.29) is 12.5 Å². The average molecular weight is 323 g/mol. The molecular weight excluding hydrogens is 298 g/mol. The smallest absolute Gasteiger partial charge is 0.407 e. The lowest BCUT2D eigenvalue weighted by molar-refractivity contribution is -0.170. The van der Waals surface area contributed by atoms with Crippen LogP contribution in [0.4, 0.5) is 4.79 Å². The lowest BCUT2D eigenvalue weighted by Gasteiger charge is -2.18. The highest BCUT2D eigenvalue weighted by atomic mass is 16.7. The summed E-state index contributed by atoms with van der Waals surface area (Å²) in [7, 11) is 2.93. The summed E-state index contributed by atoms with van der Waals surface area (Å²) in [6.45, 7) is 0.726. The average Bonchev–Trinajstić information content (AvgIpc) is 2.58. The van der Waals surface area contributed by atoms with Gasteiger partial charge < -0.3 is 15.8 Å². The highest BCUT2D eigenvalue weighted by Crippen LogP contribution is 2.03. The molecular formula is C16H25N3O4. The van der Waals surface area contributed by atoms with Gasteiger partial charge in [-0.2, -0.15) is 0 Å². The monoisotopic (exact) mass is 323 g/mol. The standard InChI is InChI=1S/C16H25N3O4/c1-19(22-2)15(20)14(17)10-6-7-11-18-16(21)23-12-13-8-4-3-5-9-13/h3-5,8-9,14H,6-7,10-12,17H2,1-2H3,(H,18,21)/t14-/m0/s1. The zero-order chi connectivity index (χ0) is 17.1. The van der Waals surface area contributed by atoms with Gasteiger partial charge in [-0.25, -0.2) is 9.86 Å². The van der Waals surface area contributed by atoms with Gasteiger partial charge >= 0.3 is 6.09 Å². The van der Waals surface area contributed by atoms with Crippen LogP contribution in [0.2, 0.25) is 0 Å². The Hall–Kier alpha value is -2.12. The summed E-state index contributed by atoms with van der Waals surface area (Å²) >= 11 is 0. The van der Waals surface area contributed by atoms with Crippen molar-refractivity contribution in [1.82, 2.24) is 10.4 Å². The van der Waals surface area contributed by atoms with Gasteiger partial charge in [0.2, 0.25) is 0 Å². The molecule has 0 aliphatic heterocycles. The number of hydroxylamine groups is 2. The first-order valence-corrected chi connectivity index (χ1v) is 7.56. The maximum Gasteiger partial charge on any atom is 0.407 e. The van der Waals surface area contributed by atoms with Crippen LogP contribution in [0.5, 0.6) is 0 Å². The van der Waals surface area contributed by atoms with Gasteiger partial charge in [0, 0.05) is 13.6 Å². The molecule has 3 N–H and O–H groups in total. The fraction of sp³-hybridized carbons (Fsp3) is 0.500. The maximum absolute atomic E-state index is 11.7. The quantitative estimate of drug-likeness (QED) is 0.529. The van der Waals surface area contributed by atoms with Crippen molar-refractivity contribution in [2.45, 2.75) is 31.9 Å². The van der Waals surface area contributed by atoms with Crippen molar-refractivity contribution in [3.8, 4) is 0 Å². The van der Waals surface area contributed by atoms with Gasteiger partial charge in [0.25, 0.3) is 5.91 Å². The lowest BCUT2D eigenvalue weighted by Crippen LogP contribution is -2.41. The predicted octanol–water partition coefficient (Wildman–Crippen LogP) is 1.43. The molecule has 128 valence electrons. The number of amides is 2. The Kier molecular flexibility index (Phi) is 8.71. The maximum atomic E-state index is 11.7. The number of hydrogen-bond donors (Lipinski definition) is 2. The first kappa shape index (κ1) is 18.9. The second kappa shape index (κ2) is 10.6. The molecule has 0 aromatic heterocycles. The van der Waals surface area contributed by atoms with Gasteiger partial charge in [-0.05, 0) is 24.8 Å². The van der Waals surface area contributed by atoms with Crippen LogP contribution in [0.3, 0.4) is 0 Å². The van der Waals surface area contributed by atoms with Crippen molar-refractivity contribution >= 4 is 12.0 Å². The normalized spacial score (nSPS) is 11.6. The van der Waals surface area contributed by atoms with E-state index in [1.807, 2.05) is 30.3 Å². The van der Waals surface area contributed by atoms with Crippen molar-refractivity contribution in [1.29, 1.82) is 0 Å². The van der Waals surface area contributed by atoms with E-state index >= 15 is 0 Å². The lowest BCUT2D eigenvalue weighted by atomic mass is 10.1. The van der Waals surface area contributed by atoms with Crippen molar-refractivity contribution in [3.05, 3.63) is 35.9 Å². The minimum absolute atomic E-state index is 0.245. The Morgan fingerprint density at radius 1 is 1.26 bits per heavy atom. The summed E-state index contributed by atoms with van der Waals surface area (Å²) in [4.78, 5) is 28.0. The number of hydrogen-bond acceptors (Lipinski definition) is 5. The molecule has 1 atom stereocenters. The van der Waals surface area contributed by atoms with Crippen LogP contribution >= 0.6 is 0 Å². The molecule has 7 heteroatoms. The predicted molar refractivity (Wildman–Crippen MR) is 86.2 cm³/mol. The number of nitrogens with zero attached hydrogens (tertiary/aromatic N) is 1. The number of carbonyl (C=O) groups is 2. The second-order valence-electron chi connectivity index (χ2n) is 5.11. The molecule has 0 aliphatic carbocycles. The molecule has 0 spiro atoms. The van der Waals surface area contributed by atoms with Crippen LogP contribution < -0.4 is 11.1 Å². The molecule has 23 heavy (non-hydrogen) atoms. The number of benzene rings is 1. The zero-order valence-electron chi connectivity index (χ0n) is 13.7. The molecule has 0 aliphatic rings. The molecule has 0 unspecified atom stereocenters. The minimum Gasteiger partial charge on any atom is -0.445 e. The van der Waals surface area contributed by atoms with Crippen LogP contribution in [0.25, 0.3) is 0 Å². The van der Waals surface area contributed by atoms with Gasteiger partial charge in [-0.15, -0.1) is 0 Å². The second-order valence-corrected chi connectivity index (χ2v) is 5.11. The van der Waals surface area contributed by atoms with Gasteiger partial charge in [0.15, 0.2) is 0 Å². The number of alkyl carbamates (subject to hydrolysis) is 1. The minimum atomic E-state index is -0.593. The van der Waals surface area contributed by atoms with E-state index in [0.29, 0.717) is 13.0 Å². The number of nitrogens with two attached hydrogens (primary N) is 1. The number of likely N-dealkylation sites (N-methyl/N-ethyl adjacent to an activating group) is 1. The van der Waals surface area contributed by atoms with E-state index in [2.05, 4.69) is 5.32 Å². The molecule has 1 aromatic rings. The van der Waals surface area contributed by atoms with E-state index in [1.54, 1.807) is 0 Å². The number of rotatable bonds is 9. The molecule has 0 saturated carbocycles. The molecule has 7 nitrogen and oxygen atoms in total. The van der Waals surface area contributed by atoms with E-state index in [1.165, 1.54) is 14.2 Å². The van der Waals surface area contributed by atoms with Gasteiger partial charge in [-0.3, -0.25) is 9.63 Å². The largest absolute Gasteiger partial charge is 0.445 e. The van der Waals surface area contributed by atoms with E-state index in [9.17, 15) is 9.59 Å². The van der Waals surface area contributed by atoms with Crippen molar-refractivity contribution in [3.63, 3.8) is 0 Å². The molecule has 2 amide bonds. The number of ether oxygens (including phenoxy) is 1. The Labute approximate surface area is 136 Å². The SMILES string of the molecule is CON(C)C(=O)[C@@H](N)CCCCNC(=O)OCc1ccccc1. The fourth-order valence-corrected chi connectivity index (χ4v) is 1.90. The van der Waals surface area contributed by atoms with Crippen molar-refractivity contribution in [2.24, 2.45) is 5.73 Å². The number of unbranched alkanes of at least 4 members (excludes halogenated alkanes) is 1. The van der Waals surface area contributed by atoms with Crippen LogP contribution in [0, 0.1) is 0 Å². The first-order chi connectivity index (χ1) is 11.0. The molecule has 0 bridgehead atoms. The Balaban J connectivity index is 2.08. The fourth-order valence-electron chi connectivity index (χ4n) is 1.90. The van der Waals surface area contributed by atoms with Gasteiger partial charge in [0.05, 0.1) is 13.2 Å². The van der Waals surface area contributed by atoms with Crippen LogP contribution in [-0.2, 0) is 21.0 Å². The molecule has 0 saturated heterocycles. The van der Waals surface area contributed by atoms with Crippen LogP contribution in [-0.4, -0.2) is 43.8 Å². The summed E-state index contributed by atoms with van der Waals surface area (Å²) < 4.78 is 5.09. The summed E-state index contributed by atoms with van der Waals surface area (Å²) in [5, 5.41) is 3.78. The number of nitrogens with one attached hydrogen (secondary N) is 1. The van der Waals surface area contributed by atoms with Crippen LogP contribution in [0.15, 0.2) is 30.3 Å². The Morgan fingerprint density at radius 2 is 1.96 bits per heavy atom. The van der Waals surface area contributed by atoms with Crippen molar-refractivity contribution in [2.75, 3.05) is 20.7 Å². The molecule has 0 fully saturated rings. The van der Waals surface area contributed by atoms with Gasteiger partial charge in [-0.1, -0.05) is 30.3 Å². The first-order valence-electron chi connectivity index (χ1n) is 7.56. The molecule has 0 heterocycles.